The molecule has 0 aliphatic heterocycles. The summed E-state index contributed by atoms with van der Waals surface area (Å²) in [7, 11) is 0. The van der Waals surface area contributed by atoms with E-state index in [4.69, 9.17) is 50.3 Å². The third-order valence-electron chi connectivity index (χ3n) is 9.30. The average Bonchev–Trinajstić information content (AvgIpc) is 3.25. The van der Waals surface area contributed by atoms with Crippen LogP contribution in [0, 0.1) is 27.6 Å². The number of nitrogens with one attached hydrogen (secondary N) is 13. The summed E-state index contributed by atoms with van der Waals surface area (Å²) < 4.78 is 85.1. The van der Waals surface area contributed by atoms with E-state index in [0.29, 0.717) is 17.0 Å². The van der Waals surface area contributed by atoms with Crippen molar-refractivity contribution in [2.75, 3.05) is 11.4 Å². The Morgan fingerprint density at radius 1 is 0.606 bits per heavy atom. The van der Waals surface area contributed by atoms with E-state index in [2.05, 4.69) is 20.9 Å². The third-order valence-corrected chi connectivity index (χ3v) is 9.30. The monoisotopic (exact) mass is 1010 g/mol. The first-order chi connectivity index (χ1) is 32.9. The molecule has 0 aliphatic rings. The van der Waals surface area contributed by atoms with Gasteiger partial charge in [0.05, 0.1) is 16.8 Å². The van der Waals surface area contributed by atoms with Crippen LogP contribution < -0.4 is 81.4 Å². The zero-order chi connectivity index (χ0) is 53.7. The number of nitrogens with two attached hydrogens (primary N) is 5. The van der Waals surface area contributed by atoms with Gasteiger partial charge in [0, 0.05) is 11.9 Å². The first-order valence-corrected chi connectivity index (χ1v) is 20.2. The molecule has 6 amide bonds. The van der Waals surface area contributed by atoms with E-state index in [1.165, 1.54) is 30.3 Å². The SMILES string of the molecule is CC(C)CCN(c1cc(C(F)(F)F)nc2c(C(F)(F)F)cccc12)C(O)C(=O)NC(C(=O)NC(NC(=N)N)C(=O)NC(NC(=N)N)C(=O)NC(NC(=N)N)C(=O)NC(NC(=N)N)C(N)=O)c1ccccc1. The summed E-state index contributed by atoms with van der Waals surface area (Å²) in [5.74, 6) is -12.5. The molecule has 0 saturated heterocycles. The van der Waals surface area contributed by atoms with Crippen molar-refractivity contribution in [1.82, 2.24) is 52.8 Å². The van der Waals surface area contributed by atoms with Gasteiger partial charge >= 0.3 is 12.4 Å². The Kier molecular flexibility index (Phi) is 19.0. The molecule has 6 unspecified atom stereocenters. The highest BCUT2D eigenvalue weighted by atomic mass is 19.4. The molecule has 0 radical (unpaired) electrons. The van der Waals surface area contributed by atoms with E-state index < -0.39 is 143 Å². The maximum absolute atomic E-state index is 14.2. The van der Waals surface area contributed by atoms with Crippen LogP contribution in [0.3, 0.4) is 0 Å². The molecule has 0 saturated carbocycles. The maximum atomic E-state index is 14.2. The topological polar surface area (TPSA) is 473 Å². The number of pyridine rings is 1. The van der Waals surface area contributed by atoms with Crippen molar-refractivity contribution in [1.29, 1.82) is 21.6 Å². The van der Waals surface area contributed by atoms with Crippen LogP contribution in [0.1, 0.15) is 43.1 Å². The number of carbonyl (C=O) groups excluding carboxylic acids is 6. The molecule has 1 heterocycles. The summed E-state index contributed by atoms with van der Waals surface area (Å²) in [6, 6.07) is 7.56. The van der Waals surface area contributed by atoms with E-state index >= 15 is 0 Å². The van der Waals surface area contributed by atoms with Crippen LogP contribution in [0.5, 0.6) is 0 Å². The van der Waals surface area contributed by atoms with Gasteiger partial charge in [-0.05, 0) is 30.0 Å². The number of fused-ring (bicyclic) bond motifs is 1. The number of aromatic nitrogens is 1. The standard InChI is InChI=1S/C38H50F6N20O7/c1-14(2)11-12-64(18-13-19(38(42,43)44)54-21-16(18)9-6-10-17(21)37(39,40)41)32(71)31(70)55-20(15-7-4-3-5-8-15)27(66)57-24(61-34(48)49)29(68)59-26(63-36(52)53)30(69)58-25(62-35(50)51)28(67)56-23(22(45)65)60-33(46)47/h3-10,13-14,20,23-26,32,71H,11-12H2,1-2H3,(H2,45,65)(H,55,70)(H,56,67)(H,57,66)(H,58,69)(H,59,68)(H4,46,47,60)(H4,48,49,61)(H4,50,51,62)(H4,52,53,63). The average molecular weight is 1010 g/mol. The number of anilines is 1. The lowest BCUT2D eigenvalue weighted by atomic mass is 10.0. The minimum absolute atomic E-state index is 0.0392. The van der Waals surface area contributed by atoms with Crippen LogP contribution in [0.2, 0.25) is 0 Å². The van der Waals surface area contributed by atoms with Gasteiger partial charge in [-0.15, -0.1) is 0 Å². The molecular weight excluding hydrogens is 963 g/mol. The van der Waals surface area contributed by atoms with Crippen molar-refractivity contribution in [3.05, 3.63) is 71.4 Å². The van der Waals surface area contributed by atoms with Crippen LogP contribution in [0.15, 0.2) is 54.6 Å². The summed E-state index contributed by atoms with van der Waals surface area (Å²) in [4.78, 5) is 84.3. The fourth-order valence-corrected chi connectivity index (χ4v) is 6.12. The van der Waals surface area contributed by atoms with Crippen LogP contribution in [0.4, 0.5) is 32.0 Å². The van der Waals surface area contributed by atoms with Crippen LogP contribution in [-0.4, -0.2) is 107 Å². The quantitative estimate of drug-likeness (QED) is 0.0213. The molecule has 1 aromatic heterocycles. The molecule has 0 fully saturated rings. The molecule has 6 atom stereocenters. The van der Waals surface area contributed by atoms with E-state index in [1.807, 2.05) is 31.9 Å². The predicted molar refractivity (Wildman–Crippen MR) is 239 cm³/mol. The number of alkyl halides is 6. The van der Waals surface area contributed by atoms with E-state index in [-0.39, 0.29) is 17.9 Å². The predicted octanol–water partition coefficient (Wildman–Crippen LogP) is -3.51. The van der Waals surface area contributed by atoms with Gasteiger partial charge in [-0.3, -0.25) is 50.4 Å². The number of aliphatic hydroxyl groups excluding tert-OH is 1. The highest BCUT2D eigenvalue weighted by molar-refractivity contribution is 6.01. The zero-order valence-electron chi connectivity index (χ0n) is 37.1. The Morgan fingerprint density at radius 3 is 1.48 bits per heavy atom. The molecule has 0 aliphatic carbocycles. The molecule has 0 bridgehead atoms. The van der Waals surface area contributed by atoms with Crippen molar-refractivity contribution in [3.8, 4) is 0 Å². The zero-order valence-corrected chi connectivity index (χ0v) is 37.1. The van der Waals surface area contributed by atoms with Crippen molar-refractivity contribution < 1.29 is 60.2 Å². The molecule has 71 heavy (non-hydrogen) atoms. The number of rotatable bonds is 21. The van der Waals surface area contributed by atoms with Gasteiger partial charge in [0.25, 0.3) is 29.5 Å². The molecule has 0 spiro atoms. The van der Waals surface area contributed by atoms with Crippen molar-refractivity contribution in [2.24, 2.45) is 34.6 Å². The fraction of sp³-hybridized carbons (Fsp3) is 0.342. The summed E-state index contributed by atoms with van der Waals surface area (Å²) >= 11 is 0. The van der Waals surface area contributed by atoms with Gasteiger partial charge in [-0.1, -0.05) is 56.3 Å². The summed E-state index contributed by atoms with van der Waals surface area (Å²) in [6.07, 6.45) is -21.4. The number of primary amides is 1. The summed E-state index contributed by atoms with van der Waals surface area (Å²) in [6.45, 7) is 2.89. The Bertz CT molecular complexity index is 2520. The Labute approximate surface area is 397 Å². The van der Waals surface area contributed by atoms with Crippen molar-refractivity contribution in [3.63, 3.8) is 0 Å². The summed E-state index contributed by atoms with van der Waals surface area (Å²) in [5.41, 5.74) is 21.3. The number of aliphatic hydroxyl groups is 1. The maximum Gasteiger partial charge on any atom is 0.433 e. The second-order valence-electron chi connectivity index (χ2n) is 15.2. The number of guanidine groups is 4. The Balaban J connectivity index is 2.04. The lowest BCUT2D eigenvalue weighted by molar-refractivity contribution is -0.142. The third kappa shape index (κ3) is 16.4. The van der Waals surface area contributed by atoms with E-state index in [9.17, 15) is 60.2 Å². The molecule has 27 nitrogen and oxygen atoms in total. The second-order valence-corrected chi connectivity index (χ2v) is 15.2. The fourth-order valence-electron chi connectivity index (χ4n) is 6.12. The van der Waals surface area contributed by atoms with Gasteiger partial charge in [-0.25, -0.2) is 4.98 Å². The molecule has 33 heteroatoms. The van der Waals surface area contributed by atoms with Crippen LogP contribution >= 0.6 is 0 Å². The van der Waals surface area contributed by atoms with E-state index in [1.54, 1.807) is 13.8 Å². The molecule has 386 valence electrons. The number of hydrogen-bond acceptors (Lipinski definition) is 13. The molecule has 3 aromatic rings. The number of nitrogens with zero attached hydrogens (tertiary/aromatic N) is 2. The minimum Gasteiger partial charge on any atom is -0.370 e. The lowest BCUT2D eigenvalue weighted by Gasteiger charge is -2.32. The summed E-state index contributed by atoms with van der Waals surface area (Å²) in [5, 5.41) is 59.7. The van der Waals surface area contributed by atoms with Crippen LogP contribution in [0.25, 0.3) is 10.9 Å². The largest absolute Gasteiger partial charge is 0.433 e. The minimum atomic E-state index is -5.32. The Hall–Kier alpha value is -8.91. The van der Waals surface area contributed by atoms with Gasteiger partial charge in [0.2, 0.25) is 12.1 Å². The second kappa shape index (κ2) is 23.9. The smallest absolute Gasteiger partial charge is 0.370 e. The normalized spacial score (nSPS) is 13.9. The van der Waals surface area contributed by atoms with Crippen molar-refractivity contribution in [2.45, 2.75) is 69.6 Å². The molecule has 2 aromatic carbocycles. The number of para-hydroxylation sites is 1. The number of amides is 6. The Morgan fingerprint density at radius 2 is 1.06 bits per heavy atom. The lowest BCUT2D eigenvalue weighted by Crippen LogP contribution is -2.68. The molecular formula is C38H50F6N20O7. The number of halogens is 6. The van der Waals surface area contributed by atoms with Crippen molar-refractivity contribution >= 4 is 75.9 Å². The highest BCUT2D eigenvalue weighted by Gasteiger charge is 2.40. The first-order valence-electron chi connectivity index (χ1n) is 20.2. The highest BCUT2D eigenvalue weighted by Crippen LogP contribution is 2.40. The number of benzene rings is 2. The van der Waals surface area contributed by atoms with E-state index in [0.717, 1.165) is 12.1 Å². The molecule has 24 N–H and O–H groups in total. The number of hydrogen-bond donors (Lipinski definition) is 19. The first kappa shape index (κ1) is 56.4. The van der Waals surface area contributed by atoms with Gasteiger partial charge in [0.1, 0.15) is 11.7 Å². The molecule has 3 rings (SSSR count). The van der Waals surface area contributed by atoms with Gasteiger partial charge < -0.3 is 86.5 Å². The van der Waals surface area contributed by atoms with Crippen LogP contribution in [-0.2, 0) is 41.1 Å². The number of carbonyl (C=O) groups is 6. The van der Waals surface area contributed by atoms with Gasteiger partial charge in [0.15, 0.2) is 48.5 Å². The van der Waals surface area contributed by atoms with Gasteiger partial charge in [-0.2, -0.15) is 26.3 Å².